The van der Waals surface area contributed by atoms with Gasteiger partial charge in [0.1, 0.15) is 0 Å². The van der Waals surface area contributed by atoms with Gasteiger partial charge in [-0.05, 0) is 37.7 Å². The van der Waals surface area contributed by atoms with Crippen LogP contribution in [-0.2, 0) is 0 Å². The number of rotatable bonds is 3. The van der Waals surface area contributed by atoms with Gasteiger partial charge in [0.25, 0.3) is 0 Å². The van der Waals surface area contributed by atoms with Crippen LogP contribution in [-0.4, -0.2) is 11.2 Å². The van der Waals surface area contributed by atoms with Crippen LogP contribution in [0.4, 0.5) is 5.69 Å². The molecule has 2 N–H and O–H groups in total. The van der Waals surface area contributed by atoms with Crippen molar-refractivity contribution in [2.45, 2.75) is 19.9 Å². The van der Waals surface area contributed by atoms with E-state index in [4.69, 9.17) is 12.2 Å². The summed E-state index contributed by atoms with van der Waals surface area (Å²) in [7, 11) is 0. The molecule has 0 amide bonds. The maximum absolute atomic E-state index is 5.17. The molecule has 0 bridgehead atoms. The third kappa shape index (κ3) is 3.72. The Morgan fingerprint density at radius 2 is 2.13 bits per heavy atom. The van der Waals surface area contributed by atoms with Gasteiger partial charge in [-0.2, -0.15) is 0 Å². The van der Waals surface area contributed by atoms with Gasteiger partial charge >= 0.3 is 0 Å². The molecule has 0 fully saturated rings. The van der Waals surface area contributed by atoms with E-state index in [2.05, 4.69) is 17.2 Å². The van der Waals surface area contributed by atoms with Crippen molar-refractivity contribution in [2.75, 3.05) is 5.32 Å². The summed E-state index contributed by atoms with van der Waals surface area (Å²) in [5.74, 6) is 0. The maximum atomic E-state index is 5.17. The zero-order chi connectivity index (χ0) is 11.3. The number of anilines is 1. The van der Waals surface area contributed by atoms with Gasteiger partial charge in [0.15, 0.2) is 5.11 Å². The van der Waals surface area contributed by atoms with Gasteiger partial charge in [0.05, 0.1) is 0 Å². The van der Waals surface area contributed by atoms with E-state index in [0.29, 0.717) is 5.11 Å². The van der Waals surface area contributed by atoms with E-state index in [-0.39, 0.29) is 6.04 Å². The van der Waals surface area contributed by atoms with Crippen molar-refractivity contribution >= 4 is 23.0 Å². The second kappa shape index (κ2) is 5.51. The van der Waals surface area contributed by atoms with Crippen LogP contribution in [0.3, 0.4) is 0 Å². The van der Waals surface area contributed by atoms with Gasteiger partial charge in [0, 0.05) is 11.7 Å². The highest BCUT2D eigenvalue weighted by atomic mass is 32.1. The highest BCUT2D eigenvalue weighted by Gasteiger charge is 2.01. The van der Waals surface area contributed by atoms with E-state index in [1.165, 1.54) is 5.56 Å². The van der Waals surface area contributed by atoms with Crippen molar-refractivity contribution in [1.82, 2.24) is 5.32 Å². The third-order valence-corrected chi connectivity index (χ3v) is 2.33. The highest BCUT2D eigenvalue weighted by molar-refractivity contribution is 7.80. The monoisotopic (exact) mass is 220 g/mol. The van der Waals surface area contributed by atoms with Crippen LogP contribution in [0.15, 0.2) is 36.9 Å². The summed E-state index contributed by atoms with van der Waals surface area (Å²) in [5, 5.41) is 6.88. The molecule has 0 saturated heterocycles. The molecule has 0 aliphatic rings. The van der Waals surface area contributed by atoms with Crippen molar-refractivity contribution in [3.63, 3.8) is 0 Å². The van der Waals surface area contributed by atoms with E-state index in [1.54, 1.807) is 0 Å². The Hall–Kier alpha value is -1.35. The Kier molecular flexibility index (Phi) is 4.31. The molecule has 1 atom stereocenters. The number of thiocarbonyl (C=S) groups is 1. The smallest absolute Gasteiger partial charge is 0.171 e. The van der Waals surface area contributed by atoms with Crippen LogP contribution in [0.25, 0.3) is 0 Å². The molecule has 0 spiro atoms. The summed E-state index contributed by atoms with van der Waals surface area (Å²) in [4.78, 5) is 0. The summed E-state index contributed by atoms with van der Waals surface area (Å²) >= 11 is 5.17. The molecular weight excluding hydrogens is 204 g/mol. The summed E-state index contributed by atoms with van der Waals surface area (Å²) in [6.45, 7) is 7.73. The van der Waals surface area contributed by atoms with E-state index < -0.39 is 0 Å². The Morgan fingerprint density at radius 1 is 1.47 bits per heavy atom. The van der Waals surface area contributed by atoms with Crippen LogP contribution >= 0.6 is 12.2 Å². The standard InChI is InChI=1S/C12H16N2S/c1-4-10(3)13-12(15)14-11-8-6-5-7-9(11)2/h4-8,10H,1H2,2-3H3,(H2,13,14,15). The number of para-hydroxylation sites is 1. The van der Waals surface area contributed by atoms with Crippen molar-refractivity contribution in [3.8, 4) is 0 Å². The SMILES string of the molecule is C=CC(C)NC(=S)Nc1ccccc1C. The molecule has 1 aromatic rings. The molecule has 0 aliphatic carbocycles. The van der Waals surface area contributed by atoms with Crippen molar-refractivity contribution in [3.05, 3.63) is 42.5 Å². The average molecular weight is 220 g/mol. The summed E-state index contributed by atoms with van der Waals surface area (Å²) in [5.41, 5.74) is 2.21. The molecule has 0 saturated carbocycles. The first-order valence-corrected chi connectivity index (χ1v) is 5.30. The van der Waals surface area contributed by atoms with Crippen LogP contribution in [0.5, 0.6) is 0 Å². The Balaban J connectivity index is 2.59. The van der Waals surface area contributed by atoms with Crippen molar-refractivity contribution < 1.29 is 0 Å². The predicted molar refractivity (Wildman–Crippen MR) is 70.2 cm³/mol. The van der Waals surface area contributed by atoms with Crippen molar-refractivity contribution in [1.29, 1.82) is 0 Å². The van der Waals surface area contributed by atoms with Gasteiger partial charge in [-0.25, -0.2) is 0 Å². The molecule has 0 aliphatic heterocycles. The Labute approximate surface area is 96.4 Å². The summed E-state index contributed by atoms with van der Waals surface area (Å²) in [6, 6.07) is 8.20. The van der Waals surface area contributed by atoms with Gasteiger partial charge in [-0.3, -0.25) is 0 Å². The first kappa shape index (κ1) is 11.7. The van der Waals surface area contributed by atoms with E-state index in [9.17, 15) is 0 Å². The second-order valence-corrected chi connectivity index (χ2v) is 3.85. The minimum atomic E-state index is 0.175. The molecule has 1 aromatic carbocycles. The lowest BCUT2D eigenvalue weighted by atomic mass is 10.2. The molecule has 0 aromatic heterocycles. The minimum Gasteiger partial charge on any atom is -0.357 e. The van der Waals surface area contributed by atoms with E-state index in [1.807, 2.05) is 44.2 Å². The zero-order valence-corrected chi connectivity index (χ0v) is 9.90. The molecule has 2 nitrogen and oxygen atoms in total. The van der Waals surface area contributed by atoms with Gasteiger partial charge in [-0.15, -0.1) is 6.58 Å². The normalized spacial score (nSPS) is 11.6. The minimum absolute atomic E-state index is 0.175. The van der Waals surface area contributed by atoms with Gasteiger partial charge < -0.3 is 10.6 Å². The summed E-state index contributed by atoms with van der Waals surface area (Å²) in [6.07, 6.45) is 1.81. The summed E-state index contributed by atoms with van der Waals surface area (Å²) < 4.78 is 0. The fraction of sp³-hybridized carbons (Fsp3) is 0.250. The lowest BCUT2D eigenvalue weighted by Crippen LogP contribution is -2.34. The van der Waals surface area contributed by atoms with Gasteiger partial charge in [0.2, 0.25) is 0 Å². The van der Waals surface area contributed by atoms with Crippen molar-refractivity contribution in [2.24, 2.45) is 0 Å². The fourth-order valence-electron chi connectivity index (χ4n) is 1.14. The quantitative estimate of drug-likeness (QED) is 0.605. The number of aryl methyl sites for hydroxylation is 1. The van der Waals surface area contributed by atoms with Crippen LogP contribution in [0.2, 0.25) is 0 Å². The maximum Gasteiger partial charge on any atom is 0.171 e. The first-order chi connectivity index (χ1) is 7.13. The molecule has 1 unspecified atom stereocenters. The third-order valence-electron chi connectivity index (χ3n) is 2.11. The Bertz CT molecular complexity index is 360. The largest absolute Gasteiger partial charge is 0.357 e. The molecule has 0 radical (unpaired) electrons. The molecule has 3 heteroatoms. The fourth-order valence-corrected chi connectivity index (χ4v) is 1.43. The predicted octanol–water partition coefficient (Wildman–Crippen LogP) is 2.86. The van der Waals surface area contributed by atoms with Crippen LogP contribution in [0.1, 0.15) is 12.5 Å². The molecule has 1 rings (SSSR count). The van der Waals surface area contributed by atoms with E-state index >= 15 is 0 Å². The van der Waals surface area contributed by atoms with E-state index in [0.717, 1.165) is 5.69 Å². The molecule has 80 valence electrons. The lowest BCUT2D eigenvalue weighted by molar-refractivity contribution is 0.815. The zero-order valence-electron chi connectivity index (χ0n) is 9.08. The van der Waals surface area contributed by atoms with Crippen LogP contribution < -0.4 is 10.6 Å². The number of hydrogen-bond acceptors (Lipinski definition) is 1. The second-order valence-electron chi connectivity index (χ2n) is 3.44. The van der Waals surface area contributed by atoms with Crippen LogP contribution in [0, 0.1) is 6.92 Å². The average Bonchev–Trinajstić information content (AvgIpc) is 2.21. The topological polar surface area (TPSA) is 24.1 Å². The molecular formula is C12H16N2S. The van der Waals surface area contributed by atoms with Gasteiger partial charge in [-0.1, -0.05) is 24.3 Å². The molecule has 15 heavy (non-hydrogen) atoms. The number of nitrogens with one attached hydrogen (secondary N) is 2. The highest BCUT2D eigenvalue weighted by Crippen LogP contribution is 2.12. The molecule has 0 heterocycles. The number of benzene rings is 1. The first-order valence-electron chi connectivity index (χ1n) is 4.89. The lowest BCUT2D eigenvalue weighted by Gasteiger charge is -2.14. The number of hydrogen-bond donors (Lipinski definition) is 2. The Morgan fingerprint density at radius 3 is 2.73 bits per heavy atom.